The summed E-state index contributed by atoms with van der Waals surface area (Å²) in [5, 5.41) is 6.36. The van der Waals surface area contributed by atoms with Crippen LogP contribution in [0, 0.1) is 0 Å². The number of amides is 2. The van der Waals surface area contributed by atoms with E-state index in [-0.39, 0.29) is 19.8 Å². The summed E-state index contributed by atoms with van der Waals surface area (Å²) in [6, 6.07) is 9.55. The molecule has 2 aromatic rings. The lowest BCUT2D eigenvalue weighted by molar-refractivity contribution is -0.145. The van der Waals surface area contributed by atoms with Gasteiger partial charge in [0.1, 0.15) is 0 Å². The molecule has 2 rings (SSSR count). The molecule has 2 amide bonds. The van der Waals surface area contributed by atoms with Crippen LogP contribution in [0.5, 0.6) is 23.0 Å². The first-order valence-electron chi connectivity index (χ1n) is 10.2. The number of rotatable bonds is 12. The molecule has 0 saturated carbocycles. The Morgan fingerprint density at radius 1 is 0.912 bits per heavy atom. The largest absolute Gasteiger partial charge is 0.493 e. The number of carbonyl (C=O) groups excluding carboxylic acids is 3. The average Bonchev–Trinajstić information content (AvgIpc) is 2.85. The van der Waals surface area contributed by atoms with E-state index in [0.29, 0.717) is 34.1 Å². The first kappa shape index (κ1) is 26.0. The molecule has 0 atom stereocenters. The molecule has 2 aromatic carbocycles. The minimum atomic E-state index is -0.522. The molecular weight excluding hydrogens is 446 g/mol. The van der Waals surface area contributed by atoms with Crippen molar-refractivity contribution in [3.05, 3.63) is 47.5 Å². The molecule has 0 heterocycles. The molecule has 0 fully saturated rings. The summed E-state index contributed by atoms with van der Waals surface area (Å²) in [4.78, 5) is 35.7. The summed E-state index contributed by atoms with van der Waals surface area (Å²) in [6.07, 6.45) is 1.39. The lowest BCUT2D eigenvalue weighted by atomic mass is 10.2. The van der Waals surface area contributed by atoms with Gasteiger partial charge in [-0.3, -0.25) is 9.59 Å². The molecule has 11 heteroatoms. The number of hydrogen-bond acceptors (Lipinski definition) is 9. The highest BCUT2D eigenvalue weighted by Gasteiger charge is 2.12. The van der Waals surface area contributed by atoms with Gasteiger partial charge < -0.3 is 29.0 Å². The third-order valence-electron chi connectivity index (χ3n) is 4.30. The zero-order valence-electron chi connectivity index (χ0n) is 19.4. The first-order chi connectivity index (χ1) is 16.4. The highest BCUT2D eigenvalue weighted by molar-refractivity contribution is 5.97. The Bertz CT molecular complexity index is 1040. The van der Waals surface area contributed by atoms with Gasteiger partial charge in [0.2, 0.25) is 0 Å². The molecule has 0 spiro atoms. The van der Waals surface area contributed by atoms with Crippen molar-refractivity contribution in [1.82, 2.24) is 10.7 Å². The van der Waals surface area contributed by atoms with Crippen molar-refractivity contribution in [1.29, 1.82) is 0 Å². The van der Waals surface area contributed by atoms with Gasteiger partial charge in [-0.05, 0) is 48.9 Å². The number of carbonyl (C=O) groups is 3. The first-order valence-corrected chi connectivity index (χ1v) is 10.2. The minimum absolute atomic E-state index is 0.247. The quantitative estimate of drug-likeness (QED) is 0.269. The van der Waals surface area contributed by atoms with Gasteiger partial charge >= 0.3 is 5.97 Å². The number of nitrogens with zero attached hydrogens (tertiary/aromatic N) is 1. The number of nitrogens with one attached hydrogen (secondary N) is 2. The predicted octanol–water partition coefficient (Wildman–Crippen LogP) is 1.53. The Labute approximate surface area is 197 Å². The van der Waals surface area contributed by atoms with Crippen LogP contribution in [0.15, 0.2) is 41.5 Å². The molecule has 0 radical (unpaired) electrons. The maximum absolute atomic E-state index is 12.3. The summed E-state index contributed by atoms with van der Waals surface area (Å²) < 4.78 is 25.8. The molecule has 0 bridgehead atoms. The van der Waals surface area contributed by atoms with Crippen molar-refractivity contribution < 1.29 is 38.1 Å². The monoisotopic (exact) mass is 473 g/mol. The van der Waals surface area contributed by atoms with Crippen LogP contribution in [-0.4, -0.2) is 65.1 Å². The second-order valence-corrected chi connectivity index (χ2v) is 6.55. The summed E-state index contributed by atoms with van der Waals surface area (Å²) in [5.74, 6) is 0.153. The van der Waals surface area contributed by atoms with E-state index in [0.717, 1.165) is 0 Å². The average molecular weight is 473 g/mol. The van der Waals surface area contributed by atoms with E-state index in [1.54, 1.807) is 37.3 Å². The highest BCUT2D eigenvalue weighted by atomic mass is 16.6. The van der Waals surface area contributed by atoms with Crippen LogP contribution >= 0.6 is 0 Å². The third kappa shape index (κ3) is 7.69. The van der Waals surface area contributed by atoms with Crippen molar-refractivity contribution >= 4 is 24.0 Å². The van der Waals surface area contributed by atoms with Crippen molar-refractivity contribution in [3.8, 4) is 23.0 Å². The van der Waals surface area contributed by atoms with E-state index < -0.39 is 17.8 Å². The van der Waals surface area contributed by atoms with Crippen molar-refractivity contribution in [3.63, 3.8) is 0 Å². The smallest absolute Gasteiger partial charge is 0.344 e. The fourth-order valence-electron chi connectivity index (χ4n) is 2.68. The Kier molecular flexibility index (Phi) is 10.2. The summed E-state index contributed by atoms with van der Waals surface area (Å²) in [6.45, 7) is 1.44. The van der Waals surface area contributed by atoms with Crippen molar-refractivity contribution in [2.24, 2.45) is 5.10 Å². The topological polar surface area (TPSA) is 134 Å². The zero-order chi connectivity index (χ0) is 24.9. The molecule has 0 aliphatic rings. The van der Waals surface area contributed by atoms with Gasteiger partial charge in [-0.25, -0.2) is 10.2 Å². The van der Waals surface area contributed by atoms with Gasteiger partial charge in [0.15, 0.2) is 29.6 Å². The molecule has 0 aliphatic heterocycles. The van der Waals surface area contributed by atoms with Gasteiger partial charge in [-0.1, -0.05) is 0 Å². The Hall–Kier alpha value is -4.28. The van der Waals surface area contributed by atoms with Crippen molar-refractivity contribution in [2.45, 2.75) is 6.92 Å². The highest BCUT2D eigenvalue weighted by Crippen LogP contribution is 2.28. The molecule has 182 valence electrons. The normalized spacial score (nSPS) is 10.4. The Morgan fingerprint density at radius 3 is 2.26 bits per heavy atom. The van der Waals surface area contributed by atoms with Crippen LogP contribution in [0.3, 0.4) is 0 Å². The predicted molar refractivity (Wildman–Crippen MR) is 123 cm³/mol. The molecule has 0 aromatic heterocycles. The summed E-state index contributed by atoms with van der Waals surface area (Å²) in [7, 11) is 4.41. The molecule has 11 nitrogen and oxygen atoms in total. The number of hydrazone groups is 1. The standard InChI is InChI=1S/C23H27N3O8/c1-5-33-22(28)14-34-18-8-6-15(10-19(18)31-3)12-25-26-21(27)13-24-23(29)16-7-9-17(30-2)20(11-16)32-4/h6-12H,5,13-14H2,1-4H3,(H,24,29)(H,26,27)/b25-12+. The van der Waals surface area contributed by atoms with E-state index in [2.05, 4.69) is 15.8 Å². The number of benzene rings is 2. The summed E-state index contributed by atoms with van der Waals surface area (Å²) >= 11 is 0. The maximum atomic E-state index is 12.3. The molecule has 0 saturated heterocycles. The van der Waals surface area contributed by atoms with Crippen LogP contribution < -0.4 is 29.7 Å². The second kappa shape index (κ2) is 13.3. The van der Waals surface area contributed by atoms with Gasteiger partial charge in [-0.15, -0.1) is 0 Å². The van der Waals surface area contributed by atoms with Gasteiger partial charge in [-0.2, -0.15) is 5.10 Å². The third-order valence-corrected chi connectivity index (χ3v) is 4.30. The fourth-order valence-corrected chi connectivity index (χ4v) is 2.68. The minimum Gasteiger partial charge on any atom is -0.493 e. The van der Waals surface area contributed by atoms with Gasteiger partial charge in [0.25, 0.3) is 11.8 Å². The molecule has 0 aliphatic carbocycles. The van der Waals surface area contributed by atoms with Crippen LogP contribution in [0.1, 0.15) is 22.8 Å². The SMILES string of the molecule is CCOC(=O)COc1ccc(/C=N/NC(=O)CNC(=O)c2ccc(OC)c(OC)c2)cc1OC. The van der Waals surface area contributed by atoms with E-state index in [1.165, 1.54) is 33.6 Å². The maximum Gasteiger partial charge on any atom is 0.344 e. The van der Waals surface area contributed by atoms with Crippen molar-refractivity contribution in [2.75, 3.05) is 41.1 Å². The fraction of sp³-hybridized carbons (Fsp3) is 0.304. The summed E-state index contributed by atoms with van der Waals surface area (Å²) in [5.41, 5.74) is 3.24. The number of ether oxygens (including phenoxy) is 5. The lowest BCUT2D eigenvalue weighted by Gasteiger charge is -2.10. The molecule has 0 unspecified atom stereocenters. The number of hydrogen-bond donors (Lipinski definition) is 2. The van der Waals surface area contributed by atoms with E-state index in [4.69, 9.17) is 23.7 Å². The zero-order valence-corrected chi connectivity index (χ0v) is 19.4. The Balaban J connectivity index is 1.87. The molecule has 34 heavy (non-hydrogen) atoms. The van der Waals surface area contributed by atoms with Crippen LogP contribution in [0.25, 0.3) is 0 Å². The molecule has 2 N–H and O–H groups in total. The van der Waals surface area contributed by atoms with Crippen LogP contribution in [-0.2, 0) is 14.3 Å². The van der Waals surface area contributed by atoms with Gasteiger partial charge in [0.05, 0.1) is 40.7 Å². The van der Waals surface area contributed by atoms with E-state index in [9.17, 15) is 14.4 Å². The molecular formula is C23H27N3O8. The van der Waals surface area contributed by atoms with E-state index >= 15 is 0 Å². The van der Waals surface area contributed by atoms with Gasteiger partial charge in [0, 0.05) is 5.56 Å². The van der Waals surface area contributed by atoms with Crippen LogP contribution in [0.2, 0.25) is 0 Å². The van der Waals surface area contributed by atoms with E-state index in [1.807, 2.05) is 0 Å². The number of methoxy groups -OCH3 is 3. The number of esters is 1. The van der Waals surface area contributed by atoms with Crippen LogP contribution in [0.4, 0.5) is 0 Å². The lowest BCUT2D eigenvalue weighted by Crippen LogP contribution is -2.34. The second-order valence-electron chi connectivity index (χ2n) is 6.55. The Morgan fingerprint density at radius 2 is 1.59 bits per heavy atom.